The molecule has 0 spiro atoms. The average Bonchev–Trinajstić information content (AvgIpc) is 2.56. The zero-order valence-electron chi connectivity index (χ0n) is 13.9. The summed E-state index contributed by atoms with van der Waals surface area (Å²) in [6.07, 6.45) is 0. The van der Waals surface area contributed by atoms with E-state index in [0.717, 1.165) is 17.4 Å². The molecule has 0 unspecified atom stereocenters. The Balaban J connectivity index is 0.00000288. The Bertz CT molecular complexity index is 631. The molecule has 1 heterocycles. The molecule has 1 aromatic rings. The lowest BCUT2D eigenvalue weighted by Crippen LogP contribution is -2.49. The van der Waals surface area contributed by atoms with Gasteiger partial charge in [0.25, 0.3) is 0 Å². The lowest BCUT2D eigenvalue weighted by Gasteiger charge is -2.29. The summed E-state index contributed by atoms with van der Waals surface area (Å²) in [4.78, 5) is 14.0. The van der Waals surface area contributed by atoms with Crippen molar-refractivity contribution in [3.05, 3.63) is 24.3 Å². The van der Waals surface area contributed by atoms with Gasteiger partial charge in [0.15, 0.2) is 0 Å². The van der Waals surface area contributed by atoms with Gasteiger partial charge in [-0.1, -0.05) is 0 Å². The van der Waals surface area contributed by atoms with Gasteiger partial charge in [0.2, 0.25) is 15.9 Å². The summed E-state index contributed by atoms with van der Waals surface area (Å²) in [5.74, 6) is 0.439. The highest BCUT2D eigenvalue weighted by Crippen LogP contribution is 2.19. The van der Waals surface area contributed by atoms with Gasteiger partial charge in [-0.25, -0.2) is 8.42 Å². The molecule has 0 aromatic heterocycles. The fraction of sp³-hybridized carbons (Fsp3) is 0.533. The first-order chi connectivity index (χ1) is 10.9. The van der Waals surface area contributed by atoms with Crippen molar-refractivity contribution >= 4 is 28.3 Å². The first kappa shape index (κ1) is 20.7. The summed E-state index contributed by atoms with van der Waals surface area (Å²) in [6, 6.07) is 6.21. The second-order valence-corrected chi connectivity index (χ2v) is 7.34. The molecule has 0 atom stereocenters. The number of hydrogen-bond acceptors (Lipinski definition) is 5. The van der Waals surface area contributed by atoms with Gasteiger partial charge in [-0.3, -0.25) is 4.79 Å². The predicted molar refractivity (Wildman–Crippen MR) is 94.1 cm³/mol. The van der Waals surface area contributed by atoms with Crippen molar-refractivity contribution in [2.24, 2.45) is 0 Å². The van der Waals surface area contributed by atoms with E-state index in [0.29, 0.717) is 25.4 Å². The van der Waals surface area contributed by atoms with Crippen LogP contribution >= 0.6 is 12.4 Å². The second-order valence-electron chi connectivity index (χ2n) is 5.30. The number of nitrogens with zero attached hydrogens (tertiary/aromatic N) is 2. The molecule has 7 nitrogen and oxygen atoms in total. The van der Waals surface area contributed by atoms with Crippen LogP contribution < -0.4 is 10.1 Å². The number of piperazine rings is 1. The monoisotopic (exact) mass is 377 g/mol. The maximum atomic E-state index is 12.5. The highest BCUT2D eigenvalue weighted by Gasteiger charge is 2.25. The van der Waals surface area contributed by atoms with Gasteiger partial charge >= 0.3 is 0 Å². The smallest absolute Gasteiger partial charge is 0.243 e. The Kier molecular flexibility index (Phi) is 7.95. The molecule has 1 aliphatic rings. The van der Waals surface area contributed by atoms with Gasteiger partial charge in [-0.2, -0.15) is 4.31 Å². The van der Waals surface area contributed by atoms with Gasteiger partial charge < -0.3 is 15.0 Å². The fourth-order valence-electron chi connectivity index (χ4n) is 2.34. The van der Waals surface area contributed by atoms with E-state index in [1.54, 1.807) is 17.0 Å². The Morgan fingerprint density at radius 1 is 1.25 bits per heavy atom. The number of benzene rings is 1. The molecule has 1 N–H and O–H groups in total. The van der Waals surface area contributed by atoms with Crippen LogP contribution in [0, 0.1) is 0 Å². The van der Waals surface area contributed by atoms with Gasteiger partial charge in [0.1, 0.15) is 5.75 Å². The second kappa shape index (κ2) is 9.22. The molecule has 1 fully saturated rings. The minimum absolute atomic E-state index is 0. The number of nitrogens with one attached hydrogen (secondary N) is 1. The summed E-state index contributed by atoms with van der Waals surface area (Å²) < 4.78 is 31.4. The number of likely N-dealkylation sites (N-methyl/N-ethyl adjacent to an activating group) is 1. The van der Waals surface area contributed by atoms with Crippen molar-refractivity contribution in [1.82, 2.24) is 14.5 Å². The molecule has 1 saturated heterocycles. The van der Waals surface area contributed by atoms with Crippen LogP contribution in [-0.2, 0) is 14.8 Å². The van der Waals surface area contributed by atoms with E-state index >= 15 is 0 Å². The normalized spacial score (nSPS) is 15.0. The predicted octanol–water partition coefficient (Wildman–Crippen LogP) is 0.559. The standard InChI is InChI=1S/C15H23N3O4S.ClH/c1-3-22-13-4-6-14(7-5-13)23(20,21)17(2)12-15(19)18-10-8-16-9-11-18;/h4-7,16H,3,8-12H2,1-2H3;1H. The number of carbonyl (C=O) groups is 1. The van der Waals surface area contributed by atoms with E-state index < -0.39 is 10.0 Å². The molecule has 0 aliphatic carbocycles. The Morgan fingerprint density at radius 2 is 1.83 bits per heavy atom. The molecule has 2 rings (SSSR count). The van der Waals surface area contributed by atoms with E-state index in [1.165, 1.54) is 19.2 Å². The maximum Gasteiger partial charge on any atom is 0.243 e. The minimum Gasteiger partial charge on any atom is -0.494 e. The van der Waals surface area contributed by atoms with Crippen LogP contribution in [0.2, 0.25) is 0 Å². The Morgan fingerprint density at radius 3 is 2.38 bits per heavy atom. The number of ether oxygens (including phenoxy) is 1. The van der Waals surface area contributed by atoms with Gasteiger partial charge in [-0.05, 0) is 31.2 Å². The third-order valence-electron chi connectivity index (χ3n) is 3.67. The van der Waals surface area contributed by atoms with Crippen LogP contribution in [0.4, 0.5) is 0 Å². The lowest BCUT2D eigenvalue weighted by molar-refractivity contribution is -0.131. The minimum atomic E-state index is -3.69. The van der Waals surface area contributed by atoms with Crippen molar-refractivity contribution in [2.45, 2.75) is 11.8 Å². The molecule has 1 amide bonds. The summed E-state index contributed by atoms with van der Waals surface area (Å²) in [5, 5.41) is 3.16. The van der Waals surface area contributed by atoms with E-state index in [2.05, 4.69) is 5.32 Å². The largest absolute Gasteiger partial charge is 0.494 e. The molecular weight excluding hydrogens is 354 g/mol. The average molecular weight is 378 g/mol. The van der Waals surface area contributed by atoms with Gasteiger partial charge in [-0.15, -0.1) is 12.4 Å². The number of carbonyl (C=O) groups excluding carboxylic acids is 1. The highest BCUT2D eigenvalue weighted by molar-refractivity contribution is 7.89. The van der Waals surface area contributed by atoms with Gasteiger partial charge in [0, 0.05) is 33.2 Å². The summed E-state index contributed by atoms with van der Waals surface area (Å²) >= 11 is 0. The zero-order valence-corrected chi connectivity index (χ0v) is 15.5. The van der Waals surface area contributed by atoms with Crippen molar-refractivity contribution in [1.29, 1.82) is 0 Å². The SMILES string of the molecule is CCOc1ccc(S(=O)(=O)N(C)CC(=O)N2CCNCC2)cc1.Cl. The molecule has 24 heavy (non-hydrogen) atoms. The van der Waals surface area contributed by atoms with Crippen LogP contribution in [-0.4, -0.2) is 69.9 Å². The molecule has 1 aliphatic heterocycles. The van der Waals surface area contributed by atoms with Crippen LogP contribution in [0.5, 0.6) is 5.75 Å². The zero-order chi connectivity index (χ0) is 16.9. The third kappa shape index (κ3) is 5.07. The first-order valence-corrected chi connectivity index (χ1v) is 9.07. The summed E-state index contributed by atoms with van der Waals surface area (Å²) in [7, 11) is -2.27. The number of halogens is 1. The first-order valence-electron chi connectivity index (χ1n) is 7.63. The van der Waals surface area contributed by atoms with E-state index in [9.17, 15) is 13.2 Å². The molecule has 0 radical (unpaired) electrons. The van der Waals surface area contributed by atoms with Crippen LogP contribution in [0.3, 0.4) is 0 Å². The van der Waals surface area contributed by atoms with Crippen LogP contribution in [0.25, 0.3) is 0 Å². The quantitative estimate of drug-likeness (QED) is 0.783. The van der Waals surface area contributed by atoms with Gasteiger partial charge in [0.05, 0.1) is 18.0 Å². The van der Waals surface area contributed by atoms with E-state index in [4.69, 9.17) is 4.74 Å². The molecule has 0 bridgehead atoms. The topological polar surface area (TPSA) is 79.0 Å². The molecule has 136 valence electrons. The van der Waals surface area contributed by atoms with Crippen molar-refractivity contribution in [3.8, 4) is 5.75 Å². The summed E-state index contributed by atoms with van der Waals surface area (Å²) in [6.45, 7) is 4.91. The van der Waals surface area contributed by atoms with Crippen LogP contribution in [0.1, 0.15) is 6.92 Å². The number of rotatable bonds is 6. The number of sulfonamides is 1. The summed E-state index contributed by atoms with van der Waals surface area (Å²) in [5.41, 5.74) is 0. The Hall–Kier alpha value is -1.35. The fourth-order valence-corrected chi connectivity index (χ4v) is 3.46. The van der Waals surface area contributed by atoms with E-state index in [-0.39, 0.29) is 29.8 Å². The molecular formula is C15H24ClN3O4S. The Labute approximate surface area is 149 Å². The molecule has 1 aromatic carbocycles. The van der Waals surface area contributed by atoms with Crippen LogP contribution in [0.15, 0.2) is 29.2 Å². The van der Waals surface area contributed by atoms with Crippen molar-refractivity contribution < 1.29 is 17.9 Å². The molecule has 0 saturated carbocycles. The van der Waals surface area contributed by atoms with Crippen molar-refractivity contribution in [2.75, 3.05) is 46.4 Å². The lowest BCUT2D eigenvalue weighted by atomic mass is 10.3. The highest BCUT2D eigenvalue weighted by atomic mass is 35.5. The van der Waals surface area contributed by atoms with E-state index in [1.807, 2.05) is 6.92 Å². The van der Waals surface area contributed by atoms with Crippen molar-refractivity contribution in [3.63, 3.8) is 0 Å². The number of amides is 1. The third-order valence-corrected chi connectivity index (χ3v) is 5.49. The maximum absolute atomic E-state index is 12.5. The number of hydrogen-bond donors (Lipinski definition) is 1. The molecule has 9 heteroatoms.